The molecule has 0 saturated heterocycles. The van der Waals surface area contributed by atoms with Gasteiger partial charge in [0.1, 0.15) is 6.61 Å². The molecule has 0 atom stereocenters. The first-order valence-electron chi connectivity index (χ1n) is 10.8. The van der Waals surface area contributed by atoms with Crippen LogP contribution < -0.4 is 15.4 Å². The number of hydrogen-bond donors (Lipinski definition) is 3. The average Bonchev–Trinajstić information content (AvgIpc) is 3.60. The first-order chi connectivity index (χ1) is 16.7. The van der Waals surface area contributed by atoms with E-state index in [-0.39, 0.29) is 6.61 Å². The van der Waals surface area contributed by atoms with Gasteiger partial charge in [-0.15, -0.1) is 0 Å². The number of anilines is 1. The molecule has 4 aromatic rings. The molecule has 0 saturated carbocycles. The zero-order valence-corrected chi connectivity index (χ0v) is 19.4. The molecule has 1 aliphatic heterocycles. The van der Waals surface area contributed by atoms with Crippen LogP contribution in [-0.2, 0) is 24.8 Å². The zero-order valence-electron chi connectivity index (χ0n) is 18.6. The molecule has 1 amide bonds. The van der Waals surface area contributed by atoms with E-state index < -0.39 is 6.09 Å². The Balaban J connectivity index is 1.32. The molecule has 11 heteroatoms. The van der Waals surface area contributed by atoms with E-state index in [9.17, 15) is 4.79 Å². The van der Waals surface area contributed by atoms with Gasteiger partial charge in [0, 0.05) is 44.5 Å². The number of nitrogens with one attached hydrogen (secondary N) is 3. The van der Waals surface area contributed by atoms with Crippen molar-refractivity contribution < 1.29 is 9.53 Å². The van der Waals surface area contributed by atoms with Gasteiger partial charge in [-0.3, -0.25) is 13.8 Å². The van der Waals surface area contributed by atoms with Crippen LogP contribution in [0.5, 0.6) is 0 Å². The molecule has 0 radical (unpaired) electrons. The van der Waals surface area contributed by atoms with Crippen LogP contribution in [0.25, 0.3) is 16.9 Å². The van der Waals surface area contributed by atoms with E-state index in [1.807, 2.05) is 60.4 Å². The maximum absolute atomic E-state index is 12.1. The minimum Gasteiger partial charge on any atom is -0.445 e. The van der Waals surface area contributed by atoms with Crippen LogP contribution in [-0.4, -0.2) is 43.3 Å². The van der Waals surface area contributed by atoms with E-state index in [4.69, 9.17) is 9.72 Å². The fraction of sp³-hybridized carbons (Fsp3) is 0.217. The van der Waals surface area contributed by atoms with Gasteiger partial charge in [-0.05, 0) is 23.6 Å². The van der Waals surface area contributed by atoms with Crippen molar-refractivity contribution in [3.8, 4) is 11.3 Å². The number of carbonyl (C=O) groups excluding carboxylic acids is 1. The number of nitrogens with zero attached hydrogens (tertiary/aromatic N) is 5. The molecular weight excluding hydrogens is 452 g/mol. The zero-order chi connectivity index (χ0) is 23.3. The van der Waals surface area contributed by atoms with E-state index in [1.54, 1.807) is 10.9 Å². The molecule has 3 aromatic heterocycles. The molecule has 10 nitrogen and oxygen atoms in total. The Morgan fingerprint density at radius 3 is 2.88 bits per heavy atom. The topological polar surface area (TPSA) is 110 Å². The van der Waals surface area contributed by atoms with Crippen LogP contribution in [0.4, 0.5) is 10.6 Å². The number of hydrogen-bond acceptors (Lipinski definition) is 8. The van der Waals surface area contributed by atoms with E-state index in [0.717, 1.165) is 34.1 Å². The Kier molecular flexibility index (Phi) is 6.45. The second-order valence-electron chi connectivity index (χ2n) is 7.70. The maximum atomic E-state index is 12.1. The molecule has 34 heavy (non-hydrogen) atoms. The number of benzene rings is 1. The largest absolute Gasteiger partial charge is 0.445 e. The van der Waals surface area contributed by atoms with Crippen molar-refractivity contribution in [1.82, 2.24) is 34.2 Å². The third-order valence-electron chi connectivity index (χ3n) is 5.20. The Morgan fingerprint density at radius 2 is 2.12 bits per heavy atom. The minimum absolute atomic E-state index is 0.231. The number of alkyl carbamates (subject to hydrolysis) is 1. The fourth-order valence-electron chi connectivity index (χ4n) is 3.57. The summed E-state index contributed by atoms with van der Waals surface area (Å²) in [6, 6.07) is 9.58. The Morgan fingerprint density at radius 1 is 1.24 bits per heavy atom. The summed E-state index contributed by atoms with van der Waals surface area (Å²) in [6.07, 6.45) is 9.64. The van der Waals surface area contributed by atoms with E-state index >= 15 is 0 Å². The number of rotatable bonds is 8. The summed E-state index contributed by atoms with van der Waals surface area (Å²) in [5.41, 5.74) is 4.33. The van der Waals surface area contributed by atoms with Gasteiger partial charge in [0.25, 0.3) is 0 Å². The van der Waals surface area contributed by atoms with Gasteiger partial charge in [-0.1, -0.05) is 30.3 Å². The molecule has 174 valence electrons. The second-order valence-corrected chi connectivity index (χ2v) is 8.64. The predicted molar refractivity (Wildman–Crippen MR) is 131 cm³/mol. The Bertz CT molecular complexity index is 1330. The van der Waals surface area contributed by atoms with Gasteiger partial charge in [0.2, 0.25) is 0 Å². The second kappa shape index (κ2) is 9.98. The van der Waals surface area contributed by atoms with Crippen molar-refractivity contribution in [3.63, 3.8) is 0 Å². The molecular formula is C23H24N8O2S. The molecule has 1 aliphatic rings. The summed E-state index contributed by atoms with van der Waals surface area (Å²) in [5.74, 6) is 0.654. The highest BCUT2D eigenvalue weighted by molar-refractivity contribution is 8.01. The average molecular weight is 477 g/mol. The van der Waals surface area contributed by atoms with Crippen LogP contribution in [0.3, 0.4) is 0 Å². The first kappa shape index (κ1) is 22.0. The molecule has 4 heterocycles. The van der Waals surface area contributed by atoms with Crippen molar-refractivity contribution in [2.45, 2.75) is 13.0 Å². The summed E-state index contributed by atoms with van der Waals surface area (Å²) in [4.78, 5) is 21.5. The van der Waals surface area contributed by atoms with Gasteiger partial charge in [-0.25, -0.2) is 14.8 Å². The molecule has 3 N–H and O–H groups in total. The van der Waals surface area contributed by atoms with Crippen LogP contribution in [0, 0.1) is 0 Å². The standard InChI is InChI=1S/C23H24N8O2S/c1-30-13-17(11-26-30)19-12-25-22-21(29-20-8-10-27-34-20)28-18(14-31(19)22)7-9-24-23(32)33-15-16-5-3-2-4-6-16/h2-6,8,11-14,27H,7,9-10,15H2,1H3,(H,24,32)(H,28,29). The smallest absolute Gasteiger partial charge is 0.407 e. The van der Waals surface area contributed by atoms with Crippen molar-refractivity contribution in [2.75, 3.05) is 18.4 Å². The van der Waals surface area contributed by atoms with Crippen LogP contribution in [0.1, 0.15) is 11.3 Å². The molecule has 0 spiro atoms. The number of imidazole rings is 1. The third-order valence-corrected chi connectivity index (χ3v) is 6.00. The maximum Gasteiger partial charge on any atom is 0.407 e. The predicted octanol–water partition coefficient (Wildman–Crippen LogP) is 3.10. The number of amides is 1. The molecule has 5 rings (SSSR count). The van der Waals surface area contributed by atoms with Crippen molar-refractivity contribution in [3.05, 3.63) is 77.5 Å². The number of fused-ring (bicyclic) bond motifs is 1. The molecule has 0 unspecified atom stereocenters. The highest BCUT2D eigenvalue weighted by Gasteiger charge is 2.16. The molecule has 0 fully saturated rings. The molecule has 1 aromatic carbocycles. The van der Waals surface area contributed by atoms with Crippen molar-refractivity contribution in [2.24, 2.45) is 7.05 Å². The third kappa shape index (κ3) is 5.05. The van der Waals surface area contributed by atoms with Crippen molar-refractivity contribution >= 4 is 29.5 Å². The lowest BCUT2D eigenvalue weighted by atomic mass is 10.2. The highest BCUT2D eigenvalue weighted by atomic mass is 32.2. The van der Waals surface area contributed by atoms with Crippen LogP contribution >= 0.6 is 11.9 Å². The number of carbonyl (C=O) groups is 1. The molecule has 0 bridgehead atoms. The van der Waals surface area contributed by atoms with Gasteiger partial charge in [-0.2, -0.15) is 5.10 Å². The molecule has 0 aliphatic carbocycles. The van der Waals surface area contributed by atoms with Gasteiger partial charge in [0.15, 0.2) is 11.5 Å². The van der Waals surface area contributed by atoms with Gasteiger partial charge in [0.05, 0.1) is 28.8 Å². The SMILES string of the molecule is Cn1cc(-c2cnc3c(NC4=CCNS4)nc(CCNC(=O)OCc4ccccc4)cn23)cn1. The minimum atomic E-state index is -0.458. The summed E-state index contributed by atoms with van der Waals surface area (Å²) < 4.78 is 12.2. The monoisotopic (exact) mass is 476 g/mol. The van der Waals surface area contributed by atoms with Crippen LogP contribution in [0.15, 0.2) is 66.2 Å². The van der Waals surface area contributed by atoms with Crippen LogP contribution in [0.2, 0.25) is 0 Å². The van der Waals surface area contributed by atoms with Gasteiger partial charge < -0.3 is 15.4 Å². The summed E-state index contributed by atoms with van der Waals surface area (Å²) in [6.45, 7) is 1.41. The Hall–Kier alpha value is -3.83. The number of aryl methyl sites for hydroxylation is 1. The van der Waals surface area contributed by atoms with Crippen molar-refractivity contribution in [1.29, 1.82) is 0 Å². The summed E-state index contributed by atoms with van der Waals surface area (Å²) >= 11 is 1.52. The fourth-order valence-corrected chi connectivity index (χ4v) is 4.20. The Labute approximate surface area is 200 Å². The van der Waals surface area contributed by atoms with Gasteiger partial charge >= 0.3 is 6.09 Å². The van der Waals surface area contributed by atoms with E-state index in [2.05, 4.69) is 31.5 Å². The first-order valence-corrected chi connectivity index (χ1v) is 11.6. The highest BCUT2D eigenvalue weighted by Crippen LogP contribution is 2.27. The summed E-state index contributed by atoms with van der Waals surface area (Å²) in [5, 5.41) is 11.4. The van der Waals surface area contributed by atoms with E-state index in [0.29, 0.717) is 24.4 Å². The lowest BCUT2D eigenvalue weighted by molar-refractivity contribution is 0.140. The number of aromatic nitrogens is 5. The van der Waals surface area contributed by atoms with E-state index in [1.165, 1.54) is 11.9 Å². The lowest BCUT2D eigenvalue weighted by Crippen LogP contribution is -2.26. The normalized spacial score (nSPS) is 13.1. The lowest BCUT2D eigenvalue weighted by Gasteiger charge is -2.11. The quantitative estimate of drug-likeness (QED) is 0.333. The number of ether oxygens (including phenoxy) is 1. The summed E-state index contributed by atoms with van der Waals surface area (Å²) in [7, 11) is 1.88.